The maximum absolute atomic E-state index is 12.4. The first-order valence-electron chi connectivity index (χ1n) is 7.70. The first-order valence-corrected chi connectivity index (χ1v) is 7.70. The van der Waals surface area contributed by atoms with E-state index in [1.165, 1.54) is 19.3 Å². The van der Waals surface area contributed by atoms with Gasteiger partial charge in [-0.05, 0) is 32.2 Å². The molecule has 0 aromatic carbocycles. The molecule has 0 spiro atoms. The molecule has 0 aromatic heterocycles. The molecule has 1 amide bonds. The monoisotopic (exact) mass is 267 g/mol. The maximum Gasteiger partial charge on any atom is 0.242 e. The standard InChI is InChI=1S/C14H25N3O2/c18-12-5-6-15-13(12)14(19)17-8-2-7-16(9-10-17)11-3-1-4-11/h11-13,15,18H,1-10H2/t12-,13-/m0/s1. The summed E-state index contributed by atoms with van der Waals surface area (Å²) in [7, 11) is 0. The van der Waals surface area contributed by atoms with Gasteiger partial charge in [0.1, 0.15) is 6.04 Å². The van der Waals surface area contributed by atoms with Crippen LogP contribution in [0.2, 0.25) is 0 Å². The molecule has 3 rings (SSSR count). The number of aliphatic hydroxyl groups is 1. The molecule has 5 heteroatoms. The highest BCUT2D eigenvalue weighted by Crippen LogP contribution is 2.25. The molecule has 2 atom stereocenters. The van der Waals surface area contributed by atoms with Crippen molar-refractivity contribution in [2.75, 3.05) is 32.7 Å². The first kappa shape index (κ1) is 13.3. The van der Waals surface area contributed by atoms with Crippen LogP contribution in [-0.2, 0) is 4.79 Å². The Hall–Kier alpha value is -0.650. The third-order valence-electron chi connectivity index (χ3n) is 4.89. The molecule has 3 aliphatic rings. The van der Waals surface area contributed by atoms with E-state index in [9.17, 15) is 9.90 Å². The van der Waals surface area contributed by atoms with Crippen LogP contribution in [-0.4, -0.2) is 71.7 Å². The van der Waals surface area contributed by atoms with E-state index in [4.69, 9.17) is 0 Å². The molecule has 1 aliphatic carbocycles. The van der Waals surface area contributed by atoms with Crippen LogP contribution in [0.15, 0.2) is 0 Å². The molecule has 2 saturated heterocycles. The molecule has 2 heterocycles. The van der Waals surface area contributed by atoms with E-state index in [1.807, 2.05) is 4.90 Å². The number of hydrogen-bond acceptors (Lipinski definition) is 4. The van der Waals surface area contributed by atoms with Crippen LogP contribution >= 0.6 is 0 Å². The van der Waals surface area contributed by atoms with Gasteiger partial charge < -0.3 is 15.3 Å². The SMILES string of the molecule is O=C([C@H]1NCC[C@@H]1O)N1CCCN(C2CCC2)CC1. The Balaban J connectivity index is 1.55. The molecule has 2 N–H and O–H groups in total. The van der Waals surface area contributed by atoms with Gasteiger partial charge in [-0.3, -0.25) is 9.69 Å². The molecule has 0 radical (unpaired) electrons. The summed E-state index contributed by atoms with van der Waals surface area (Å²) in [5, 5.41) is 13.0. The highest BCUT2D eigenvalue weighted by molar-refractivity contribution is 5.83. The Kier molecular flexibility index (Phi) is 4.05. The van der Waals surface area contributed by atoms with Crippen LogP contribution in [0.4, 0.5) is 0 Å². The Bertz CT molecular complexity index is 333. The van der Waals surface area contributed by atoms with Gasteiger partial charge in [-0.25, -0.2) is 0 Å². The predicted octanol–water partition coefficient (Wildman–Crippen LogP) is -0.204. The second-order valence-corrected chi connectivity index (χ2v) is 6.09. The van der Waals surface area contributed by atoms with Gasteiger partial charge >= 0.3 is 0 Å². The number of aliphatic hydroxyl groups excluding tert-OH is 1. The van der Waals surface area contributed by atoms with Crippen molar-refractivity contribution in [3.05, 3.63) is 0 Å². The highest BCUT2D eigenvalue weighted by Gasteiger charge is 2.35. The van der Waals surface area contributed by atoms with Crippen molar-refractivity contribution in [2.45, 2.75) is 50.3 Å². The van der Waals surface area contributed by atoms with E-state index in [2.05, 4.69) is 10.2 Å². The molecule has 3 fully saturated rings. The van der Waals surface area contributed by atoms with Gasteiger partial charge in [0, 0.05) is 32.2 Å². The number of carbonyl (C=O) groups excluding carboxylic acids is 1. The van der Waals surface area contributed by atoms with E-state index in [0.29, 0.717) is 6.42 Å². The summed E-state index contributed by atoms with van der Waals surface area (Å²) >= 11 is 0. The summed E-state index contributed by atoms with van der Waals surface area (Å²) in [5.41, 5.74) is 0. The number of amides is 1. The zero-order valence-electron chi connectivity index (χ0n) is 11.6. The summed E-state index contributed by atoms with van der Waals surface area (Å²) in [6, 6.07) is 0.403. The minimum Gasteiger partial charge on any atom is -0.391 e. The molecule has 0 bridgehead atoms. The molecule has 19 heavy (non-hydrogen) atoms. The highest BCUT2D eigenvalue weighted by atomic mass is 16.3. The molecule has 5 nitrogen and oxygen atoms in total. The van der Waals surface area contributed by atoms with Crippen molar-refractivity contribution in [2.24, 2.45) is 0 Å². The van der Waals surface area contributed by atoms with E-state index in [0.717, 1.165) is 45.2 Å². The van der Waals surface area contributed by atoms with Crippen LogP contribution in [0.3, 0.4) is 0 Å². The van der Waals surface area contributed by atoms with Crippen LogP contribution in [0.1, 0.15) is 32.1 Å². The van der Waals surface area contributed by atoms with Crippen LogP contribution < -0.4 is 5.32 Å². The molecular formula is C14H25N3O2. The average molecular weight is 267 g/mol. The third kappa shape index (κ3) is 2.78. The molecular weight excluding hydrogens is 242 g/mol. The summed E-state index contributed by atoms with van der Waals surface area (Å²) in [5.74, 6) is 0.0976. The first-order chi connectivity index (χ1) is 9.25. The van der Waals surface area contributed by atoms with Crippen LogP contribution in [0, 0.1) is 0 Å². The number of nitrogens with one attached hydrogen (secondary N) is 1. The summed E-state index contributed by atoms with van der Waals surface area (Å²) < 4.78 is 0. The fourth-order valence-electron chi connectivity index (χ4n) is 3.41. The van der Waals surface area contributed by atoms with Gasteiger partial charge in [0.15, 0.2) is 0 Å². The summed E-state index contributed by atoms with van der Waals surface area (Å²) in [6.45, 7) is 4.53. The van der Waals surface area contributed by atoms with Crippen molar-refractivity contribution < 1.29 is 9.90 Å². The zero-order valence-corrected chi connectivity index (χ0v) is 11.6. The lowest BCUT2D eigenvalue weighted by Crippen LogP contribution is -2.49. The quantitative estimate of drug-likeness (QED) is 0.727. The van der Waals surface area contributed by atoms with E-state index in [1.54, 1.807) is 0 Å². The Labute approximate surface area is 114 Å². The molecule has 0 unspecified atom stereocenters. The third-order valence-corrected chi connectivity index (χ3v) is 4.89. The van der Waals surface area contributed by atoms with Gasteiger partial charge in [0.2, 0.25) is 5.91 Å². The van der Waals surface area contributed by atoms with Crippen molar-refractivity contribution in [3.8, 4) is 0 Å². The second-order valence-electron chi connectivity index (χ2n) is 6.09. The lowest BCUT2D eigenvalue weighted by Gasteiger charge is -2.36. The number of hydrogen-bond donors (Lipinski definition) is 2. The number of rotatable bonds is 2. The average Bonchev–Trinajstić information content (AvgIpc) is 2.61. The summed E-state index contributed by atoms with van der Waals surface area (Å²) in [4.78, 5) is 16.9. The van der Waals surface area contributed by atoms with Gasteiger partial charge in [0.05, 0.1) is 6.10 Å². The number of carbonyl (C=O) groups is 1. The van der Waals surface area contributed by atoms with Crippen LogP contribution in [0.25, 0.3) is 0 Å². The minimum absolute atomic E-state index is 0.0976. The lowest BCUT2D eigenvalue weighted by atomic mass is 9.91. The Morgan fingerprint density at radius 2 is 1.89 bits per heavy atom. The largest absolute Gasteiger partial charge is 0.391 e. The van der Waals surface area contributed by atoms with Crippen molar-refractivity contribution in [1.29, 1.82) is 0 Å². The van der Waals surface area contributed by atoms with E-state index in [-0.39, 0.29) is 11.9 Å². The van der Waals surface area contributed by atoms with Crippen molar-refractivity contribution in [1.82, 2.24) is 15.1 Å². The van der Waals surface area contributed by atoms with E-state index < -0.39 is 6.10 Å². The fraction of sp³-hybridized carbons (Fsp3) is 0.929. The molecule has 1 saturated carbocycles. The molecule has 108 valence electrons. The molecule has 0 aromatic rings. The number of nitrogens with zero attached hydrogens (tertiary/aromatic N) is 2. The Morgan fingerprint density at radius 1 is 1.05 bits per heavy atom. The smallest absolute Gasteiger partial charge is 0.242 e. The van der Waals surface area contributed by atoms with Gasteiger partial charge in [-0.15, -0.1) is 0 Å². The maximum atomic E-state index is 12.4. The van der Waals surface area contributed by atoms with Gasteiger partial charge in [-0.1, -0.05) is 6.42 Å². The lowest BCUT2D eigenvalue weighted by molar-refractivity contribution is -0.135. The zero-order chi connectivity index (χ0) is 13.2. The second kappa shape index (κ2) is 5.77. The Morgan fingerprint density at radius 3 is 2.53 bits per heavy atom. The molecule has 2 aliphatic heterocycles. The minimum atomic E-state index is -0.501. The fourth-order valence-corrected chi connectivity index (χ4v) is 3.41. The predicted molar refractivity (Wildman–Crippen MR) is 72.8 cm³/mol. The van der Waals surface area contributed by atoms with Gasteiger partial charge in [0.25, 0.3) is 0 Å². The van der Waals surface area contributed by atoms with Crippen molar-refractivity contribution >= 4 is 5.91 Å². The van der Waals surface area contributed by atoms with E-state index >= 15 is 0 Å². The topological polar surface area (TPSA) is 55.8 Å². The summed E-state index contributed by atoms with van der Waals surface area (Å²) in [6.07, 6.45) is 5.28. The van der Waals surface area contributed by atoms with Gasteiger partial charge in [-0.2, -0.15) is 0 Å². The van der Waals surface area contributed by atoms with Crippen LogP contribution in [0.5, 0.6) is 0 Å². The van der Waals surface area contributed by atoms with Crippen molar-refractivity contribution in [3.63, 3.8) is 0 Å². The normalized spacial score (nSPS) is 34.1.